The molecule has 1 fully saturated rings. The SMILES string of the molecule is CCC(C)C(=O)C=CC(C)=CC(COC1OC(C)C(O)C(OC)C1OC)C(CC)OC(=O)CC(O)C(C)C. The summed E-state index contributed by atoms with van der Waals surface area (Å²) in [5.74, 6) is -0.955. The minimum atomic E-state index is -0.882. The van der Waals surface area contributed by atoms with Gasteiger partial charge in [0.05, 0.1) is 25.2 Å². The fourth-order valence-corrected chi connectivity index (χ4v) is 4.18. The average Bonchev–Trinajstić information content (AvgIpc) is 2.88. The first-order valence-corrected chi connectivity index (χ1v) is 13.7. The number of allylic oxidation sites excluding steroid dienone is 3. The smallest absolute Gasteiger partial charge is 0.308 e. The normalized spacial score (nSPS) is 27.8. The van der Waals surface area contributed by atoms with Crippen molar-refractivity contribution in [2.45, 2.75) is 111 Å². The summed E-state index contributed by atoms with van der Waals surface area (Å²) in [5.41, 5.74) is 0.818. The van der Waals surface area contributed by atoms with Crippen LogP contribution in [0.3, 0.4) is 0 Å². The van der Waals surface area contributed by atoms with Gasteiger partial charge in [-0.25, -0.2) is 0 Å². The van der Waals surface area contributed by atoms with Crippen LogP contribution in [0.15, 0.2) is 23.8 Å². The second-order valence-electron chi connectivity index (χ2n) is 10.5. The number of hydrogen-bond donors (Lipinski definition) is 2. The fraction of sp³-hybridized carbons (Fsp3) is 0.793. The Hall–Kier alpha value is -1.62. The Morgan fingerprint density at radius 2 is 1.66 bits per heavy atom. The molecular formula is C29H50O9. The van der Waals surface area contributed by atoms with Crippen molar-refractivity contribution in [3.8, 4) is 0 Å². The number of ketones is 1. The Morgan fingerprint density at radius 3 is 2.18 bits per heavy atom. The van der Waals surface area contributed by atoms with Gasteiger partial charge in [-0.3, -0.25) is 9.59 Å². The molecule has 9 heteroatoms. The summed E-state index contributed by atoms with van der Waals surface area (Å²) in [5, 5.41) is 20.6. The second kappa shape index (κ2) is 17.2. The van der Waals surface area contributed by atoms with Gasteiger partial charge in [0.1, 0.15) is 24.4 Å². The highest BCUT2D eigenvalue weighted by atomic mass is 16.7. The summed E-state index contributed by atoms with van der Waals surface area (Å²) >= 11 is 0. The van der Waals surface area contributed by atoms with Gasteiger partial charge in [-0.05, 0) is 38.7 Å². The van der Waals surface area contributed by atoms with Crippen LogP contribution in [-0.2, 0) is 33.3 Å². The number of methoxy groups -OCH3 is 2. The third-order valence-electron chi connectivity index (χ3n) is 7.15. The highest BCUT2D eigenvalue weighted by Gasteiger charge is 2.45. The van der Waals surface area contributed by atoms with Crippen LogP contribution in [0.25, 0.3) is 0 Å². The molecule has 1 aliphatic rings. The Morgan fingerprint density at radius 1 is 1.03 bits per heavy atom. The lowest BCUT2D eigenvalue weighted by Gasteiger charge is -2.42. The lowest BCUT2D eigenvalue weighted by atomic mass is 9.96. The molecule has 2 N–H and O–H groups in total. The maximum absolute atomic E-state index is 12.6. The summed E-state index contributed by atoms with van der Waals surface area (Å²) < 4.78 is 28.8. The molecule has 0 radical (unpaired) electrons. The molecule has 9 atom stereocenters. The molecule has 0 saturated carbocycles. The molecule has 9 unspecified atom stereocenters. The molecule has 0 aromatic rings. The number of aliphatic hydroxyl groups excluding tert-OH is 2. The van der Waals surface area contributed by atoms with Gasteiger partial charge >= 0.3 is 5.97 Å². The van der Waals surface area contributed by atoms with Gasteiger partial charge < -0.3 is 33.9 Å². The zero-order valence-corrected chi connectivity index (χ0v) is 24.6. The van der Waals surface area contributed by atoms with Crippen LogP contribution in [-0.4, -0.2) is 85.7 Å². The highest BCUT2D eigenvalue weighted by Crippen LogP contribution is 2.27. The number of hydrogen-bond acceptors (Lipinski definition) is 9. The highest BCUT2D eigenvalue weighted by molar-refractivity contribution is 5.91. The van der Waals surface area contributed by atoms with Crippen LogP contribution in [0.4, 0.5) is 0 Å². The maximum Gasteiger partial charge on any atom is 0.308 e. The fourth-order valence-electron chi connectivity index (χ4n) is 4.18. The molecule has 1 heterocycles. The maximum atomic E-state index is 12.6. The van der Waals surface area contributed by atoms with Crippen LogP contribution in [0.2, 0.25) is 0 Å². The van der Waals surface area contributed by atoms with Crippen LogP contribution in [0, 0.1) is 17.8 Å². The van der Waals surface area contributed by atoms with Crippen LogP contribution >= 0.6 is 0 Å². The largest absolute Gasteiger partial charge is 0.462 e. The van der Waals surface area contributed by atoms with Gasteiger partial charge in [-0.1, -0.05) is 52.3 Å². The molecule has 0 aromatic carbocycles. The first-order chi connectivity index (χ1) is 17.9. The summed E-state index contributed by atoms with van der Waals surface area (Å²) in [6, 6.07) is 0. The van der Waals surface area contributed by atoms with E-state index in [0.29, 0.717) is 6.42 Å². The predicted molar refractivity (Wildman–Crippen MR) is 144 cm³/mol. The monoisotopic (exact) mass is 542 g/mol. The van der Waals surface area contributed by atoms with Gasteiger partial charge in [0.2, 0.25) is 0 Å². The van der Waals surface area contributed by atoms with E-state index in [1.165, 1.54) is 14.2 Å². The van der Waals surface area contributed by atoms with E-state index in [-0.39, 0.29) is 36.6 Å². The number of ether oxygens (including phenoxy) is 5. The molecule has 220 valence electrons. The predicted octanol–water partition coefficient (Wildman–Crippen LogP) is 3.60. The molecule has 0 aliphatic carbocycles. The van der Waals surface area contributed by atoms with Crippen molar-refractivity contribution in [2.24, 2.45) is 17.8 Å². The van der Waals surface area contributed by atoms with Crippen molar-refractivity contribution in [1.29, 1.82) is 0 Å². The van der Waals surface area contributed by atoms with E-state index in [0.717, 1.165) is 12.0 Å². The quantitative estimate of drug-likeness (QED) is 0.171. The molecule has 0 aromatic heterocycles. The first kappa shape index (κ1) is 34.4. The van der Waals surface area contributed by atoms with Gasteiger partial charge in [-0.15, -0.1) is 0 Å². The first-order valence-electron chi connectivity index (χ1n) is 13.7. The zero-order chi connectivity index (χ0) is 29.0. The van der Waals surface area contributed by atoms with E-state index in [1.807, 2.05) is 47.6 Å². The third-order valence-corrected chi connectivity index (χ3v) is 7.15. The van der Waals surface area contributed by atoms with Crippen molar-refractivity contribution in [3.63, 3.8) is 0 Å². The van der Waals surface area contributed by atoms with Gasteiger partial charge in [0, 0.05) is 26.1 Å². The van der Waals surface area contributed by atoms with Crippen LogP contribution in [0.5, 0.6) is 0 Å². The molecule has 1 aliphatic heterocycles. The minimum absolute atomic E-state index is 0.0471. The Kier molecular flexibility index (Phi) is 15.5. The van der Waals surface area contributed by atoms with E-state index in [2.05, 4.69) is 0 Å². The minimum Gasteiger partial charge on any atom is -0.462 e. The Labute approximate surface area is 228 Å². The molecule has 38 heavy (non-hydrogen) atoms. The molecular weight excluding hydrogens is 492 g/mol. The van der Waals surface area contributed by atoms with Crippen LogP contribution < -0.4 is 0 Å². The lowest BCUT2D eigenvalue weighted by molar-refractivity contribution is -0.304. The topological polar surface area (TPSA) is 121 Å². The van der Waals surface area contributed by atoms with Crippen molar-refractivity contribution in [1.82, 2.24) is 0 Å². The van der Waals surface area contributed by atoms with Crippen molar-refractivity contribution in [3.05, 3.63) is 23.8 Å². The van der Waals surface area contributed by atoms with Gasteiger partial charge in [-0.2, -0.15) is 0 Å². The average molecular weight is 543 g/mol. The van der Waals surface area contributed by atoms with E-state index in [4.69, 9.17) is 23.7 Å². The Bertz CT molecular complexity index is 778. The van der Waals surface area contributed by atoms with E-state index >= 15 is 0 Å². The zero-order valence-electron chi connectivity index (χ0n) is 24.6. The van der Waals surface area contributed by atoms with Crippen molar-refractivity contribution >= 4 is 11.8 Å². The summed E-state index contributed by atoms with van der Waals surface area (Å²) in [4.78, 5) is 24.9. The number of carbonyl (C=O) groups excluding carboxylic acids is 2. The number of aliphatic hydroxyl groups is 2. The van der Waals surface area contributed by atoms with E-state index in [9.17, 15) is 19.8 Å². The third kappa shape index (κ3) is 10.5. The van der Waals surface area contributed by atoms with Gasteiger partial charge in [0.15, 0.2) is 12.1 Å². The van der Waals surface area contributed by atoms with E-state index < -0.39 is 48.9 Å². The lowest BCUT2D eigenvalue weighted by Crippen LogP contribution is -2.59. The second-order valence-corrected chi connectivity index (χ2v) is 10.5. The number of carbonyl (C=O) groups is 2. The summed E-state index contributed by atoms with van der Waals surface area (Å²) in [7, 11) is 2.99. The summed E-state index contributed by atoms with van der Waals surface area (Å²) in [6.45, 7) is 13.2. The molecule has 0 spiro atoms. The molecule has 1 saturated heterocycles. The van der Waals surface area contributed by atoms with Crippen molar-refractivity contribution < 1.29 is 43.5 Å². The Balaban J connectivity index is 3.16. The van der Waals surface area contributed by atoms with Crippen LogP contribution in [0.1, 0.15) is 67.7 Å². The molecule has 9 nitrogen and oxygen atoms in total. The summed E-state index contributed by atoms with van der Waals surface area (Å²) in [6.07, 6.45) is 1.51. The number of rotatable bonds is 16. The van der Waals surface area contributed by atoms with Gasteiger partial charge in [0.25, 0.3) is 0 Å². The van der Waals surface area contributed by atoms with E-state index in [1.54, 1.807) is 19.1 Å². The standard InChI is InChI=1S/C29H50O9/c1-10-19(6)22(30)13-12-18(5)14-21(24(11-2)38-25(32)15-23(31)17(3)4)16-36-29-28(35-9)27(34-8)26(33)20(7)37-29/h12-14,17,19-21,23-24,26-29,31,33H,10-11,15-16H2,1-9H3. The van der Waals surface area contributed by atoms with Crippen molar-refractivity contribution in [2.75, 3.05) is 20.8 Å². The molecule has 0 bridgehead atoms. The molecule has 0 amide bonds. The number of esters is 1. The molecule has 1 rings (SSSR count).